The van der Waals surface area contributed by atoms with Gasteiger partial charge in [0, 0.05) is 23.7 Å². The van der Waals surface area contributed by atoms with Gasteiger partial charge in [-0.2, -0.15) is 0 Å². The molecule has 21 heavy (non-hydrogen) atoms. The number of carbonyl (C=O) groups excluding carboxylic acids is 1. The molecule has 0 unspecified atom stereocenters. The molecule has 4 rings (SSSR count). The molecule has 5 heteroatoms. The van der Waals surface area contributed by atoms with E-state index in [1.54, 1.807) is 12.1 Å². The average Bonchev–Trinajstić information content (AvgIpc) is 3.01. The molecule has 0 spiro atoms. The smallest absolute Gasteiger partial charge is 0.256 e. The van der Waals surface area contributed by atoms with Crippen LogP contribution in [-0.2, 0) is 17.6 Å². The van der Waals surface area contributed by atoms with Crippen LogP contribution in [-0.4, -0.2) is 10.9 Å². The first-order chi connectivity index (χ1) is 10.2. The zero-order valence-corrected chi connectivity index (χ0v) is 11.3. The van der Waals surface area contributed by atoms with Crippen LogP contribution >= 0.6 is 0 Å². The number of nitrogens with one attached hydrogen (secondary N) is 1. The van der Waals surface area contributed by atoms with E-state index in [9.17, 15) is 9.18 Å². The van der Waals surface area contributed by atoms with Crippen molar-refractivity contribution in [3.63, 3.8) is 0 Å². The van der Waals surface area contributed by atoms with Gasteiger partial charge in [-0.1, -0.05) is 0 Å². The summed E-state index contributed by atoms with van der Waals surface area (Å²) in [6.07, 6.45) is 5.62. The minimum atomic E-state index is -0.372. The molecule has 106 valence electrons. The zero-order valence-electron chi connectivity index (χ0n) is 11.3. The average molecular weight is 284 g/mol. The summed E-state index contributed by atoms with van der Waals surface area (Å²) in [5.74, 6) is 0.699. The standard InChI is InChI=1S/C16H13FN2O2/c17-9-5-6-12-10(7-9)11(16(20)19-12)8-15-18-13-3-1-2-4-14(13)21-15/h5-8H,1-4H2,(H,19,20). The summed E-state index contributed by atoms with van der Waals surface area (Å²) in [5, 5.41) is 2.71. The van der Waals surface area contributed by atoms with Gasteiger partial charge < -0.3 is 9.73 Å². The van der Waals surface area contributed by atoms with Gasteiger partial charge in [-0.15, -0.1) is 0 Å². The summed E-state index contributed by atoms with van der Waals surface area (Å²) in [4.78, 5) is 16.4. The van der Waals surface area contributed by atoms with Crippen LogP contribution in [0.25, 0.3) is 11.6 Å². The molecule has 0 fully saturated rings. The number of halogens is 1. The fourth-order valence-electron chi connectivity index (χ4n) is 2.86. The number of hydrogen-bond donors (Lipinski definition) is 1. The molecule has 1 aromatic carbocycles. The van der Waals surface area contributed by atoms with Crippen molar-refractivity contribution in [3.05, 3.63) is 46.9 Å². The van der Waals surface area contributed by atoms with Gasteiger partial charge in [0.15, 0.2) is 0 Å². The van der Waals surface area contributed by atoms with Crippen LogP contribution in [0.2, 0.25) is 0 Å². The van der Waals surface area contributed by atoms with Crippen LogP contribution in [0.3, 0.4) is 0 Å². The number of carbonyl (C=O) groups is 1. The molecule has 2 aromatic rings. The first kappa shape index (κ1) is 12.3. The van der Waals surface area contributed by atoms with Crippen molar-refractivity contribution >= 4 is 23.2 Å². The lowest BCUT2D eigenvalue weighted by molar-refractivity contribution is -0.110. The van der Waals surface area contributed by atoms with Gasteiger partial charge in [-0.25, -0.2) is 9.37 Å². The monoisotopic (exact) mass is 284 g/mol. The Morgan fingerprint density at radius 2 is 2.14 bits per heavy atom. The molecule has 0 bridgehead atoms. The second-order valence-corrected chi connectivity index (χ2v) is 5.33. The lowest BCUT2D eigenvalue weighted by atomic mass is 10.0. The van der Waals surface area contributed by atoms with Crippen molar-refractivity contribution < 1.29 is 13.6 Å². The van der Waals surface area contributed by atoms with E-state index in [-0.39, 0.29) is 11.7 Å². The van der Waals surface area contributed by atoms with Crippen molar-refractivity contribution in [1.82, 2.24) is 4.98 Å². The molecule has 1 amide bonds. The SMILES string of the molecule is O=C1Nc2ccc(F)cc2C1=Cc1nc2c(o1)CCCC2. The fourth-order valence-corrected chi connectivity index (χ4v) is 2.86. The third-order valence-corrected chi connectivity index (χ3v) is 3.89. The van der Waals surface area contributed by atoms with Crippen LogP contribution in [0.5, 0.6) is 0 Å². The van der Waals surface area contributed by atoms with Gasteiger partial charge in [0.05, 0.1) is 11.3 Å². The van der Waals surface area contributed by atoms with Gasteiger partial charge in [0.25, 0.3) is 5.91 Å². The van der Waals surface area contributed by atoms with Gasteiger partial charge in [-0.3, -0.25) is 4.79 Å². The Kier molecular flexibility index (Phi) is 2.67. The minimum Gasteiger partial charge on any atom is -0.441 e. The molecular formula is C16H13FN2O2. The number of amides is 1. The molecule has 2 heterocycles. The maximum atomic E-state index is 13.4. The Labute approximate surface area is 120 Å². The molecule has 0 atom stereocenters. The van der Waals surface area contributed by atoms with Crippen molar-refractivity contribution in [2.45, 2.75) is 25.7 Å². The van der Waals surface area contributed by atoms with E-state index in [0.29, 0.717) is 22.7 Å². The van der Waals surface area contributed by atoms with Crippen LogP contribution in [0, 0.1) is 5.82 Å². The Morgan fingerprint density at radius 1 is 1.29 bits per heavy atom. The molecule has 2 aliphatic rings. The Hall–Kier alpha value is -2.43. The molecule has 1 aromatic heterocycles. The quantitative estimate of drug-likeness (QED) is 0.818. The third-order valence-electron chi connectivity index (χ3n) is 3.89. The summed E-state index contributed by atoms with van der Waals surface area (Å²) in [6.45, 7) is 0. The highest BCUT2D eigenvalue weighted by Gasteiger charge is 2.26. The van der Waals surface area contributed by atoms with E-state index in [1.165, 1.54) is 12.1 Å². The Bertz CT molecular complexity index is 753. The summed E-state index contributed by atoms with van der Waals surface area (Å²) < 4.78 is 19.1. The fraction of sp³-hybridized carbons (Fsp3) is 0.250. The molecule has 1 N–H and O–H groups in total. The number of nitrogens with zero attached hydrogens (tertiary/aromatic N) is 1. The van der Waals surface area contributed by atoms with Crippen LogP contribution in [0.15, 0.2) is 22.6 Å². The number of anilines is 1. The summed E-state index contributed by atoms with van der Waals surface area (Å²) >= 11 is 0. The highest BCUT2D eigenvalue weighted by molar-refractivity contribution is 6.34. The Morgan fingerprint density at radius 3 is 3.00 bits per heavy atom. The van der Waals surface area contributed by atoms with E-state index in [0.717, 1.165) is 37.1 Å². The number of rotatable bonds is 1. The van der Waals surface area contributed by atoms with Crippen LogP contribution < -0.4 is 5.32 Å². The molecule has 1 aliphatic carbocycles. The number of benzene rings is 1. The van der Waals surface area contributed by atoms with Crippen molar-refractivity contribution in [1.29, 1.82) is 0 Å². The normalized spacial score (nSPS) is 18.5. The molecule has 0 saturated heterocycles. The predicted molar refractivity (Wildman–Crippen MR) is 76.0 cm³/mol. The highest BCUT2D eigenvalue weighted by atomic mass is 19.1. The third kappa shape index (κ3) is 2.05. The molecule has 4 nitrogen and oxygen atoms in total. The first-order valence-electron chi connectivity index (χ1n) is 7.02. The maximum Gasteiger partial charge on any atom is 0.256 e. The van der Waals surface area contributed by atoms with Gasteiger partial charge >= 0.3 is 0 Å². The number of oxazole rings is 1. The first-order valence-corrected chi connectivity index (χ1v) is 7.02. The van der Waals surface area contributed by atoms with E-state index >= 15 is 0 Å². The van der Waals surface area contributed by atoms with Crippen molar-refractivity contribution in [3.8, 4) is 0 Å². The van der Waals surface area contributed by atoms with E-state index < -0.39 is 0 Å². The van der Waals surface area contributed by atoms with E-state index in [2.05, 4.69) is 10.3 Å². The Balaban J connectivity index is 1.78. The lowest BCUT2D eigenvalue weighted by Crippen LogP contribution is -2.03. The lowest BCUT2D eigenvalue weighted by Gasteiger charge is -2.05. The second kappa shape index (κ2) is 4.55. The van der Waals surface area contributed by atoms with Gasteiger partial charge in [0.1, 0.15) is 11.6 Å². The topological polar surface area (TPSA) is 55.1 Å². The van der Waals surface area contributed by atoms with Crippen LogP contribution in [0.4, 0.5) is 10.1 Å². The van der Waals surface area contributed by atoms with E-state index in [1.807, 2.05) is 0 Å². The van der Waals surface area contributed by atoms with Crippen molar-refractivity contribution in [2.75, 3.05) is 5.32 Å². The zero-order chi connectivity index (χ0) is 14.4. The molecule has 1 aliphatic heterocycles. The summed E-state index contributed by atoms with van der Waals surface area (Å²) in [6, 6.07) is 4.23. The predicted octanol–water partition coefficient (Wildman–Crippen LogP) is 3.19. The van der Waals surface area contributed by atoms with Gasteiger partial charge in [0.2, 0.25) is 5.89 Å². The van der Waals surface area contributed by atoms with Gasteiger partial charge in [-0.05, 0) is 37.5 Å². The minimum absolute atomic E-state index is 0.258. The van der Waals surface area contributed by atoms with Crippen molar-refractivity contribution in [2.24, 2.45) is 0 Å². The summed E-state index contributed by atoms with van der Waals surface area (Å²) in [7, 11) is 0. The summed E-state index contributed by atoms with van der Waals surface area (Å²) in [5.41, 5.74) is 2.54. The van der Waals surface area contributed by atoms with E-state index in [4.69, 9.17) is 4.42 Å². The number of fused-ring (bicyclic) bond motifs is 2. The highest BCUT2D eigenvalue weighted by Crippen LogP contribution is 2.34. The second-order valence-electron chi connectivity index (χ2n) is 5.33. The maximum absolute atomic E-state index is 13.4. The number of aryl methyl sites for hydroxylation is 2. The molecule has 0 radical (unpaired) electrons. The molecule has 0 saturated carbocycles. The van der Waals surface area contributed by atoms with Crippen LogP contribution in [0.1, 0.15) is 35.7 Å². The number of hydrogen-bond acceptors (Lipinski definition) is 3. The number of aromatic nitrogens is 1. The largest absolute Gasteiger partial charge is 0.441 e. The molecular weight excluding hydrogens is 271 g/mol.